The molecule has 22 heavy (non-hydrogen) atoms. The monoisotopic (exact) mass is 310 g/mol. The molecule has 2 unspecified atom stereocenters. The summed E-state index contributed by atoms with van der Waals surface area (Å²) < 4.78 is 18.9. The number of anilines is 1. The maximum absolute atomic E-state index is 13.4. The first-order chi connectivity index (χ1) is 10.5. The molecule has 0 saturated heterocycles. The van der Waals surface area contributed by atoms with Gasteiger partial charge in [-0.15, -0.1) is 0 Å². The summed E-state index contributed by atoms with van der Waals surface area (Å²) in [5.41, 5.74) is 0.275. The molecule has 0 heterocycles. The van der Waals surface area contributed by atoms with Crippen LogP contribution in [0.5, 0.6) is 5.75 Å². The van der Waals surface area contributed by atoms with Crippen LogP contribution in [0.4, 0.5) is 14.9 Å². The highest BCUT2D eigenvalue weighted by Crippen LogP contribution is 2.26. The van der Waals surface area contributed by atoms with Crippen LogP contribution in [0.25, 0.3) is 0 Å². The Morgan fingerprint density at radius 3 is 2.77 bits per heavy atom. The molecule has 2 amide bonds. The number of carbonyl (C=O) groups excluding carboxylic acids is 1. The molecule has 2 rings (SSSR count). The van der Waals surface area contributed by atoms with Crippen molar-refractivity contribution in [2.24, 2.45) is 0 Å². The third-order valence-electron chi connectivity index (χ3n) is 3.60. The minimum Gasteiger partial charge on any atom is -0.489 e. The topological polar surface area (TPSA) is 70.6 Å². The number of nitrogens with one attached hydrogen (secondary N) is 2. The summed E-state index contributed by atoms with van der Waals surface area (Å²) in [6, 6.07) is 3.25. The van der Waals surface area contributed by atoms with Gasteiger partial charge in [0.2, 0.25) is 0 Å². The van der Waals surface area contributed by atoms with Crippen LogP contribution in [0.2, 0.25) is 0 Å². The number of amides is 2. The summed E-state index contributed by atoms with van der Waals surface area (Å²) in [5.74, 6) is -0.0418. The lowest BCUT2D eigenvalue weighted by Gasteiger charge is -2.28. The smallest absolute Gasteiger partial charge is 0.319 e. The third kappa shape index (κ3) is 4.59. The molecule has 0 aliphatic heterocycles. The zero-order valence-corrected chi connectivity index (χ0v) is 12.9. The fourth-order valence-electron chi connectivity index (χ4n) is 2.56. The van der Waals surface area contributed by atoms with Gasteiger partial charge in [0.15, 0.2) is 0 Å². The maximum atomic E-state index is 13.4. The molecule has 0 spiro atoms. The van der Waals surface area contributed by atoms with Gasteiger partial charge in [0.1, 0.15) is 11.6 Å². The van der Waals surface area contributed by atoms with Gasteiger partial charge in [-0.05, 0) is 38.8 Å². The number of carbonyl (C=O) groups is 1. The molecule has 122 valence electrons. The quantitative estimate of drug-likeness (QED) is 0.800. The molecule has 5 nitrogen and oxygen atoms in total. The molecule has 1 aliphatic carbocycles. The van der Waals surface area contributed by atoms with Crippen molar-refractivity contribution in [1.82, 2.24) is 5.32 Å². The number of aliphatic hydroxyl groups is 1. The molecule has 6 heteroatoms. The molecule has 3 N–H and O–H groups in total. The van der Waals surface area contributed by atoms with Crippen molar-refractivity contribution in [3.63, 3.8) is 0 Å². The van der Waals surface area contributed by atoms with Crippen LogP contribution >= 0.6 is 0 Å². The largest absolute Gasteiger partial charge is 0.489 e. The average Bonchev–Trinajstić information content (AvgIpc) is 2.44. The van der Waals surface area contributed by atoms with E-state index in [0.29, 0.717) is 12.2 Å². The van der Waals surface area contributed by atoms with Crippen molar-refractivity contribution < 1.29 is 19.0 Å². The Bertz CT molecular complexity index is 522. The second kappa shape index (κ2) is 7.45. The van der Waals surface area contributed by atoms with E-state index in [2.05, 4.69) is 10.6 Å². The molecule has 2 atom stereocenters. The second-order valence-corrected chi connectivity index (χ2v) is 5.86. The lowest BCUT2D eigenvalue weighted by molar-refractivity contribution is 0.0955. The fourth-order valence-corrected chi connectivity index (χ4v) is 2.56. The molecule has 1 aliphatic rings. The van der Waals surface area contributed by atoms with E-state index < -0.39 is 18.0 Å². The van der Waals surface area contributed by atoms with E-state index in [1.54, 1.807) is 0 Å². The predicted molar refractivity (Wildman–Crippen MR) is 82.6 cm³/mol. The van der Waals surface area contributed by atoms with Gasteiger partial charge < -0.3 is 20.5 Å². The highest BCUT2D eigenvalue weighted by Gasteiger charge is 2.24. The summed E-state index contributed by atoms with van der Waals surface area (Å²) in [7, 11) is 0. The molecule has 0 bridgehead atoms. The van der Waals surface area contributed by atoms with Crippen molar-refractivity contribution in [3.05, 3.63) is 24.0 Å². The van der Waals surface area contributed by atoms with E-state index in [1.165, 1.54) is 18.2 Å². The van der Waals surface area contributed by atoms with Gasteiger partial charge in [0, 0.05) is 6.07 Å². The van der Waals surface area contributed by atoms with Crippen LogP contribution in [-0.4, -0.2) is 29.4 Å². The lowest BCUT2D eigenvalue weighted by Crippen LogP contribution is -2.46. The number of hydrogen-bond donors (Lipinski definition) is 3. The molecule has 0 aromatic heterocycles. The maximum Gasteiger partial charge on any atom is 0.319 e. The Kier molecular flexibility index (Phi) is 5.60. The van der Waals surface area contributed by atoms with Gasteiger partial charge in [-0.25, -0.2) is 9.18 Å². The Labute approximate surface area is 129 Å². The summed E-state index contributed by atoms with van der Waals surface area (Å²) >= 11 is 0. The van der Waals surface area contributed by atoms with E-state index in [1.807, 2.05) is 13.8 Å². The van der Waals surface area contributed by atoms with Gasteiger partial charge >= 0.3 is 6.03 Å². The Balaban J connectivity index is 2.02. The first kappa shape index (κ1) is 16.5. The van der Waals surface area contributed by atoms with Crippen molar-refractivity contribution in [1.29, 1.82) is 0 Å². The summed E-state index contributed by atoms with van der Waals surface area (Å²) in [4.78, 5) is 12.1. The van der Waals surface area contributed by atoms with Crippen LogP contribution in [0.15, 0.2) is 18.2 Å². The normalized spacial score (nSPS) is 21.5. The zero-order valence-electron chi connectivity index (χ0n) is 12.9. The highest BCUT2D eigenvalue weighted by molar-refractivity contribution is 5.91. The van der Waals surface area contributed by atoms with E-state index in [-0.39, 0.29) is 17.8 Å². The average molecular weight is 310 g/mol. The first-order valence-electron chi connectivity index (χ1n) is 7.67. The van der Waals surface area contributed by atoms with E-state index in [4.69, 9.17) is 4.74 Å². The lowest BCUT2D eigenvalue weighted by atomic mass is 9.93. The molecule has 1 saturated carbocycles. The van der Waals surface area contributed by atoms with Crippen molar-refractivity contribution in [3.8, 4) is 5.75 Å². The second-order valence-electron chi connectivity index (χ2n) is 5.86. The van der Waals surface area contributed by atoms with Crippen molar-refractivity contribution in [2.75, 3.05) is 5.32 Å². The van der Waals surface area contributed by atoms with Gasteiger partial charge in [0.25, 0.3) is 0 Å². The summed E-state index contributed by atoms with van der Waals surface area (Å²) in [6.07, 6.45) is 2.76. The molecular weight excluding hydrogens is 287 g/mol. The Morgan fingerprint density at radius 2 is 2.09 bits per heavy atom. The van der Waals surface area contributed by atoms with Crippen LogP contribution in [0.1, 0.15) is 39.5 Å². The first-order valence-corrected chi connectivity index (χ1v) is 7.67. The van der Waals surface area contributed by atoms with Gasteiger partial charge in [-0.2, -0.15) is 0 Å². The van der Waals surface area contributed by atoms with Crippen LogP contribution < -0.4 is 15.4 Å². The van der Waals surface area contributed by atoms with Crippen molar-refractivity contribution in [2.45, 2.75) is 57.8 Å². The summed E-state index contributed by atoms with van der Waals surface area (Å²) in [6.45, 7) is 3.71. The Morgan fingerprint density at radius 1 is 1.36 bits per heavy atom. The van der Waals surface area contributed by atoms with Gasteiger partial charge in [-0.3, -0.25) is 0 Å². The number of benzene rings is 1. The third-order valence-corrected chi connectivity index (χ3v) is 3.60. The van der Waals surface area contributed by atoms with E-state index in [0.717, 1.165) is 19.3 Å². The van der Waals surface area contributed by atoms with Crippen molar-refractivity contribution >= 4 is 11.7 Å². The van der Waals surface area contributed by atoms with E-state index >= 15 is 0 Å². The molecule has 1 fully saturated rings. The molecule has 0 radical (unpaired) electrons. The van der Waals surface area contributed by atoms with Crippen LogP contribution in [-0.2, 0) is 0 Å². The molecule has 1 aromatic rings. The SMILES string of the molecule is CC(C)Oc1ccc(F)cc1NC(=O)NC1CCCCC1O. The number of ether oxygens (including phenoxy) is 1. The minimum absolute atomic E-state index is 0.0887. The standard InChI is InChI=1S/C16H23FN2O3/c1-10(2)22-15-8-7-11(17)9-13(15)19-16(21)18-12-5-3-4-6-14(12)20/h7-10,12,14,20H,3-6H2,1-2H3,(H2,18,19,21). The molecule has 1 aromatic carbocycles. The number of hydrogen-bond acceptors (Lipinski definition) is 3. The minimum atomic E-state index is -0.529. The van der Waals surface area contributed by atoms with Crippen LogP contribution in [0, 0.1) is 5.82 Å². The number of aliphatic hydroxyl groups excluding tert-OH is 1. The van der Waals surface area contributed by atoms with E-state index in [9.17, 15) is 14.3 Å². The summed E-state index contributed by atoms with van der Waals surface area (Å²) in [5, 5.41) is 15.2. The highest BCUT2D eigenvalue weighted by atomic mass is 19.1. The number of urea groups is 1. The molecular formula is C16H23FN2O3. The predicted octanol–water partition coefficient (Wildman–Crippen LogP) is 3.04. The Hall–Kier alpha value is -1.82. The number of halogens is 1. The van der Waals surface area contributed by atoms with Gasteiger partial charge in [0.05, 0.1) is 23.9 Å². The van der Waals surface area contributed by atoms with Gasteiger partial charge in [-0.1, -0.05) is 12.8 Å². The fraction of sp³-hybridized carbons (Fsp3) is 0.562. The zero-order chi connectivity index (χ0) is 16.1. The van der Waals surface area contributed by atoms with Crippen LogP contribution in [0.3, 0.4) is 0 Å². The number of rotatable bonds is 4.